The Balaban J connectivity index is 1.83. The van der Waals surface area contributed by atoms with Crippen LogP contribution in [0.15, 0.2) is 41.2 Å². The summed E-state index contributed by atoms with van der Waals surface area (Å²) in [5.74, 6) is 0.851. The molecule has 96 valence electrons. The van der Waals surface area contributed by atoms with Gasteiger partial charge in [-0.2, -0.15) is 0 Å². The molecule has 1 heterocycles. The minimum atomic E-state index is 0.479. The summed E-state index contributed by atoms with van der Waals surface area (Å²) in [5.41, 5.74) is 2.18. The van der Waals surface area contributed by atoms with Gasteiger partial charge in [0.25, 0.3) is 0 Å². The highest BCUT2D eigenvalue weighted by Gasteiger charge is 1.99. The Morgan fingerprint density at radius 1 is 1.22 bits per heavy atom. The summed E-state index contributed by atoms with van der Waals surface area (Å²) in [5, 5.41) is 7.00. The third-order valence-electron chi connectivity index (χ3n) is 2.53. The Hall–Kier alpha value is -1.81. The number of hydrogen-bond acceptors (Lipinski definition) is 4. The molecule has 0 aliphatic carbocycles. The Labute approximate surface area is 107 Å². The first-order valence-electron chi connectivity index (χ1n) is 6.07. The zero-order chi connectivity index (χ0) is 12.8. The highest BCUT2D eigenvalue weighted by Crippen LogP contribution is 2.14. The molecule has 4 nitrogen and oxygen atoms in total. The van der Waals surface area contributed by atoms with Crippen molar-refractivity contribution in [2.45, 2.75) is 33.0 Å². The number of nitrogens with zero attached hydrogens (tertiary/aromatic N) is 1. The van der Waals surface area contributed by atoms with Crippen LogP contribution < -0.4 is 10.1 Å². The van der Waals surface area contributed by atoms with Gasteiger partial charge in [-0.1, -0.05) is 31.1 Å². The molecular weight excluding hydrogens is 228 g/mol. The number of rotatable bonds is 6. The van der Waals surface area contributed by atoms with Crippen molar-refractivity contribution < 1.29 is 9.26 Å². The first-order chi connectivity index (χ1) is 8.74. The maximum atomic E-state index is 5.61. The molecule has 0 unspecified atom stereocenters. The zero-order valence-electron chi connectivity index (χ0n) is 10.7. The molecule has 0 atom stereocenters. The van der Waals surface area contributed by atoms with Crippen molar-refractivity contribution in [1.82, 2.24) is 10.5 Å². The van der Waals surface area contributed by atoms with Gasteiger partial charge in [0.15, 0.2) is 0 Å². The molecule has 0 radical (unpaired) electrons. The second-order valence-corrected chi connectivity index (χ2v) is 4.50. The minimum Gasteiger partial charge on any atom is -0.489 e. The number of benzene rings is 1. The molecule has 0 aliphatic rings. The van der Waals surface area contributed by atoms with Crippen LogP contribution >= 0.6 is 0 Å². The number of aromatic nitrogens is 1. The first kappa shape index (κ1) is 12.6. The maximum Gasteiger partial charge on any atom is 0.130 e. The molecule has 0 aliphatic heterocycles. The molecule has 2 rings (SSSR count). The zero-order valence-corrected chi connectivity index (χ0v) is 10.7. The number of hydrogen-bond donors (Lipinski definition) is 1. The molecule has 2 aromatic rings. The van der Waals surface area contributed by atoms with Crippen molar-refractivity contribution in [2.75, 3.05) is 0 Å². The van der Waals surface area contributed by atoms with Gasteiger partial charge in [-0.3, -0.25) is 0 Å². The fourth-order valence-electron chi connectivity index (χ4n) is 1.49. The van der Waals surface area contributed by atoms with Crippen molar-refractivity contribution in [2.24, 2.45) is 0 Å². The van der Waals surface area contributed by atoms with E-state index >= 15 is 0 Å². The Kier molecular flexibility index (Phi) is 4.36. The fourth-order valence-corrected chi connectivity index (χ4v) is 1.49. The van der Waals surface area contributed by atoms with Crippen LogP contribution in [0.2, 0.25) is 0 Å². The topological polar surface area (TPSA) is 47.3 Å². The maximum absolute atomic E-state index is 5.61. The second-order valence-electron chi connectivity index (χ2n) is 4.50. The summed E-state index contributed by atoms with van der Waals surface area (Å²) in [7, 11) is 0. The van der Waals surface area contributed by atoms with Gasteiger partial charge in [-0.05, 0) is 17.7 Å². The van der Waals surface area contributed by atoms with E-state index in [1.165, 1.54) is 5.56 Å². The average Bonchev–Trinajstić information content (AvgIpc) is 2.88. The summed E-state index contributed by atoms with van der Waals surface area (Å²) in [6.45, 7) is 5.63. The van der Waals surface area contributed by atoms with Crippen LogP contribution in [0, 0.1) is 0 Å². The summed E-state index contributed by atoms with van der Waals surface area (Å²) in [4.78, 5) is 0. The van der Waals surface area contributed by atoms with E-state index in [1.54, 1.807) is 12.5 Å². The fraction of sp³-hybridized carbons (Fsp3) is 0.357. The van der Waals surface area contributed by atoms with E-state index in [9.17, 15) is 0 Å². The normalized spacial score (nSPS) is 10.8. The highest BCUT2D eigenvalue weighted by molar-refractivity contribution is 5.27. The van der Waals surface area contributed by atoms with Gasteiger partial charge in [0.05, 0.1) is 6.20 Å². The van der Waals surface area contributed by atoms with Gasteiger partial charge < -0.3 is 14.6 Å². The molecule has 1 aromatic carbocycles. The Morgan fingerprint density at radius 2 is 2.00 bits per heavy atom. The van der Waals surface area contributed by atoms with Crippen LogP contribution in [-0.4, -0.2) is 11.2 Å². The molecule has 1 aromatic heterocycles. The smallest absolute Gasteiger partial charge is 0.130 e. The van der Waals surface area contributed by atoms with Crippen molar-refractivity contribution in [3.63, 3.8) is 0 Å². The molecule has 18 heavy (non-hydrogen) atoms. The second kappa shape index (κ2) is 6.21. The van der Waals surface area contributed by atoms with Crippen molar-refractivity contribution >= 4 is 0 Å². The Bertz CT molecular complexity index is 449. The van der Waals surface area contributed by atoms with Crippen LogP contribution in [0.1, 0.15) is 25.0 Å². The van der Waals surface area contributed by atoms with E-state index in [0.717, 1.165) is 17.9 Å². The molecule has 0 amide bonds. The van der Waals surface area contributed by atoms with Crippen LogP contribution in [0.3, 0.4) is 0 Å². The first-order valence-corrected chi connectivity index (χ1v) is 6.07. The van der Waals surface area contributed by atoms with E-state index in [-0.39, 0.29) is 0 Å². The predicted molar refractivity (Wildman–Crippen MR) is 69.3 cm³/mol. The van der Waals surface area contributed by atoms with E-state index in [4.69, 9.17) is 9.26 Å². The lowest BCUT2D eigenvalue weighted by Crippen LogP contribution is -2.21. The van der Waals surface area contributed by atoms with Crippen LogP contribution in [0.25, 0.3) is 0 Å². The van der Waals surface area contributed by atoms with Gasteiger partial charge in [0.1, 0.15) is 18.6 Å². The van der Waals surface area contributed by atoms with E-state index in [2.05, 4.69) is 36.5 Å². The van der Waals surface area contributed by atoms with E-state index < -0.39 is 0 Å². The minimum absolute atomic E-state index is 0.479. The van der Waals surface area contributed by atoms with Gasteiger partial charge >= 0.3 is 0 Å². The molecule has 0 spiro atoms. The van der Waals surface area contributed by atoms with Gasteiger partial charge in [-0.25, -0.2) is 0 Å². The Morgan fingerprint density at radius 3 is 2.61 bits per heavy atom. The lowest BCUT2D eigenvalue weighted by molar-refractivity contribution is 0.304. The van der Waals surface area contributed by atoms with Crippen molar-refractivity contribution in [3.8, 4) is 5.75 Å². The quantitative estimate of drug-likeness (QED) is 0.851. The van der Waals surface area contributed by atoms with Gasteiger partial charge in [0.2, 0.25) is 0 Å². The molecule has 0 saturated heterocycles. The summed E-state index contributed by atoms with van der Waals surface area (Å²) in [6.07, 6.45) is 3.24. The van der Waals surface area contributed by atoms with Crippen LogP contribution in [-0.2, 0) is 13.2 Å². The lowest BCUT2D eigenvalue weighted by Gasteiger charge is -2.09. The monoisotopic (exact) mass is 246 g/mol. The molecule has 0 saturated carbocycles. The van der Waals surface area contributed by atoms with Crippen molar-refractivity contribution in [3.05, 3.63) is 47.9 Å². The lowest BCUT2D eigenvalue weighted by atomic mass is 10.2. The molecular formula is C14H18N2O2. The third-order valence-corrected chi connectivity index (χ3v) is 2.53. The number of nitrogens with one attached hydrogen (secondary N) is 1. The van der Waals surface area contributed by atoms with Gasteiger partial charge in [0, 0.05) is 18.2 Å². The van der Waals surface area contributed by atoms with E-state index in [0.29, 0.717) is 12.6 Å². The van der Waals surface area contributed by atoms with E-state index in [1.807, 2.05) is 12.1 Å². The third kappa shape index (κ3) is 3.89. The average molecular weight is 246 g/mol. The van der Waals surface area contributed by atoms with Crippen molar-refractivity contribution in [1.29, 1.82) is 0 Å². The summed E-state index contributed by atoms with van der Waals surface area (Å²) in [6, 6.07) is 8.58. The van der Waals surface area contributed by atoms with Crippen LogP contribution in [0.5, 0.6) is 5.75 Å². The molecule has 4 heteroatoms. The molecule has 1 N–H and O–H groups in total. The van der Waals surface area contributed by atoms with Gasteiger partial charge in [-0.15, -0.1) is 0 Å². The number of ether oxygens (including phenoxy) is 1. The summed E-state index contributed by atoms with van der Waals surface area (Å²) >= 11 is 0. The highest BCUT2D eigenvalue weighted by atomic mass is 16.5. The summed E-state index contributed by atoms with van der Waals surface area (Å²) < 4.78 is 10.3. The SMILES string of the molecule is CC(C)NCc1ccc(OCc2cnoc2)cc1. The largest absolute Gasteiger partial charge is 0.489 e. The predicted octanol–water partition coefficient (Wildman–Crippen LogP) is 2.75. The standard InChI is InChI=1S/C14H18N2O2/c1-11(2)15-7-12-3-5-14(6-4-12)17-9-13-8-16-18-10-13/h3-6,8,10-11,15H,7,9H2,1-2H3. The molecule has 0 bridgehead atoms. The molecule has 0 fully saturated rings. The van der Waals surface area contributed by atoms with Crippen LogP contribution in [0.4, 0.5) is 0 Å².